The van der Waals surface area contributed by atoms with E-state index in [1.807, 2.05) is 0 Å². The van der Waals surface area contributed by atoms with Crippen molar-refractivity contribution in [2.24, 2.45) is 0 Å². The second kappa shape index (κ2) is 8.46. The molecule has 3 heteroatoms. The number of fused-ring (bicyclic) bond motifs is 1. The monoisotopic (exact) mass is 359 g/mol. The molecule has 0 atom stereocenters. The standard InChI is InChI=1S/C15H19.2ClH.Zr/c1-4-5-6-13-8-7-12(3)14-9-11(2)10-15(13)14;;;/h7-10H,4-6H2,1-3H3;2*1H;/q-1;;;+2/p-2. The molecule has 98 valence electrons. The van der Waals surface area contributed by atoms with E-state index in [9.17, 15) is 0 Å². The molecule has 0 bridgehead atoms. The molecule has 18 heavy (non-hydrogen) atoms. The average molecular weight is 361 g/mol. The van der Waals surface area contributed by atoms with Gasteiger partial charge in [0.15, 0.2) is 0 Å². The molecule has 0 aliphatic carbocycles. The Kier molecular flexibility index (Phi) is 7.68. The Hall–Kier alpha value is 0.293. The fourth-order valence-corrected chi connectivity index (χ4v) is 2.23. The zero-order chi connectivity index (χ0) is 13.5. The first-order valence-corrected chi connectivity index (χ1v) is 12.6. The summed E-state index contributed by atoms with van der Waals surface area (Å²) < 4.78 is 0. The number of aryl methyl sites for hydroxylation is 3. The van der Waals surface area contributed by atoms with Gasteiger partial charge in [0.2, 0.25) is 0 Å². The zero-order valence-corrected chi connectivity index (χ0v) is 15.2. The third-order valence-corrected chi connectivity index (χ3v) is 3.14. The van der Waals surface area contributed by atoms with Gasteiger partial charge in [-0.3, -0.25) is 0 Å². The van der Waals surface area contributed by atoms with Crippen LogP contribution in [0, 0.1) is 13.8 Å². The SMILES string of the molecule is CCCCc1ccc(C)c2[cH-]c(C)cc12.[Cl][Zr][Cl]. The molecule has 0 spiro atoms. The molecule has 0 heterocycles. The molecule has 0 fully saturated rings. The van der Waals surface area contributed by atoms with E-state index >= 15 is 0 Å². The second-order valence-corrected chi connectivity index (χ2v) is 8.31. The third-order valence-electron chi connectivity index (χ3n) is 3.14. The van der Waals surface area contributed by atoms with Crippen LogP contribution in [0.15, 0.2) is 24.3 Å². The summed E-state index contributed by atoms with van der Waals surface area (Å²) >= 11 is -0.826. The Morgan fingerprint density at radius 1 is 1.22 bits per heavy atom. The average Bonchev–Trinajstić information content (AvgIpc) is 2.72. The first-order valence-electron chi connectivity index (χ1n) is 6.25. The van der Waals surface area contributed by atoms with Crippen molar-refractivity contribution >= 4 is 27.8 Å². The molecule has 0 nitrogen and oxygen atoms in total. The van der Waals surface area contributed by atoms with E-state index < -0.39 is 20.8 Å². The van der Waals surface area contributed by atoms with Crippen molar-refractivity contribution in [1.82, 2.24) is 0 Å². The van der Waals surface area contributed by atoms with Crippen molar-refractivity contribution in [3.63, 3.8) is 0 Å². The van der Waals surface area contributed by atoms with E-state index in [0.29, 0.717) is 0 Å². The summed E-state index contributed by atoms with van der Waals surface area (Å²) in [6.07, 6.45) is 3.79. The normalized spacial score (nSPS) is 10.1. The van der Waals surface area contributed by atoms with Crippen molar-refractivity contribution in [1.29, 1.82) is 0 Å². The molecule has 2 aromatic carbocycles. The molecule has 0 saturated heterocycles. The molecule has 0 saturated carbocycles. The van der Waals surface area contributed by atoms with Crippen LogP contribution in [0.5, 0.6) is 0 Å². The number of benzene rings is 1. The van der Waals surface area contributed by atoms with Crippen LogP contribution in [-0.4, -0.2) is 0 Å². The van der Waals surface area contributed by atoms with Crippen LogP contribution in [0.25, 0.3) is 10.8 Å². The van der Waals surface area contributed by atoms with Gasteiger partial charge in [-0.05, 0) is 6.42 Å². The molecular weight excluding hydrogens is 342 g/mol. The molecule has 0 unspecified atom stereocenters. The van der Waals surface area contributed by atoms with E-state index in [-0.39, 0.29) is 0 Å². The topological polar surface area (TPSA) is 0 Å². The Morgan fingerprint density at radius 2 is 1.89 bits per heavy atom. The van der Waals surface area contributed by atoms with Crippen LogP contribution in [-0.2, 0) is 27.3 Å². The van der Waals surface area contributed by atoms with E-state index in [1.54, 1.807) is 0 Å². The van der Waals surface area contributed by atoms with Gasteiger partial charge < -0.3 is 0 Å². The molecule has 0 amide bonds. The first kappa shape index (κ1) is 16.3. The number of halogens is 2. The van der Waals surface area contributed by atoms with Gasteiger partial charge in [-0.1, -0.05) is 45.2 Å². The van der Waals surface area contributed by atoms with Crippen LogP contribution in [0.4, 0.5) is 0 Å². The molecule has 2 aromatic rings. The van der Waals surface area contributed by atoms with Crippen LogP contribution in [0.3, 0.4) is 0 Å². The Balaban J connectivity index is 0.000000492. The summed E-state index contributed by atoms with van der Waals surface area (Å²) in [5, 5.41) is 2.92. The van der Waals surface area contributed by atoms with Gasteiger partial charge in [0.25, 0.3) is 0 Å². The van der Waals surface area contributed by atoms with Crippen molar-refractivity contribution < 1.29 is 20.8 Å². The number of hydrogen-bond acceptors (Lipinski definition) is 0. The van der Waals surface area contributed by atoms with Crippen molar-refractivity contribution in [3.8, 4) is 0 Å². The minimum atomic E-state index is -0.826. The number of unbranched alkanes of at least 4 members (excludes halogenated alkanes) is 1. The van der Waals surface area contributed by atoms with Crippen molar-refractivity contribution in [3.05, 3.63) is 41.0 Å². The summed E-state index contributed by atoms with van der Waals surface area (Å²) in [5.74, 6) is 0. The molecule has 0 aromatic heterocycles. The summed E-state index contributed by atoms with van der Waals surface area (Å²) in [6, 6.07) is 9.19. The minimum absolute atomic E-state index is 0.826. The Labute approximate surface area is 129 Å². The molecule has 0 N–H and O–H groups in total. The van der Waals surface area contributed by atoms with Crippen molar-refractivity contribution in [2.75, 3.05) is 0 Å². The van der Waals surface area contributed by atoms with Crippen LogP contribution in [0.2, 0.25) is 0 Å². The third kappa shape index (κ3) is 4.44. The van der Waals surface area contributed by atoms with E-state index in [0.717, 1.165) is 0 Å². The van der Waals surface area contributed by atoms with Crippen LogP contribution >= 0.6 is 17.0 Å². The fraction of sp³-hybridized carbons (Fsp3) is 0.400. The van der Waals surface area contributed by atoms with Gasteiger partial charge in [0, 0.05) is 0 Å². The van der Waals surface area contributed by atoms with Crippen LogP contribution < -0.4 is 0 Å². The predicted octanol–water partition coefficient (Wildman–Crippen LogP) is 5.89. The fourth-order valence-electron chi connectivity index (χ4n) is 2.23. The second-order valence-electron chi connectivity index (χ2n) is 4.58. The van der Waals surface area contributed by atoms with Gasteiger partial charge >= 0.3 is 37.9 Å². The van der Waals surface area contributed by atoms with Gasteiger partial charge in [-0.2, -0.15) is 6.07 Å². The summed E-state index contributed by atoms with van der Waals surface area (Å²) in [4.78, 5) is 0. The molecular formula is C15H19Cl2Zr-. The summed E-state index contributed by atoms with van der Waals surface area (Å²) in [5.41, 5.74) is 4.31. The van der Waals surface area contributed by atoms with Gasteiger partial charge in [-0.25, -0.2) is 0 Å². The van der Waals surface area contributed by atoms with E-state index in [2.05, 4.69) is 45.0 Å². The summed E-state index contributed by atoms with van der Waals surface area (Å²) in [6.45, 7) is 6.63. The zero-order valence-electron chi connectivity index (χ0n) is 11.2. The number of hydrogen-bond donors (Lipinski definition) is 0. The number of rotatable bonds is 3. The molecule has 0 radical (unpaired) electrons. The van der Waals surface area contributed by atoms with Gasteiger partial charge in [0.05, 0.1) is 0 Å². The van der Waals surface area contributed by atoms with E-state index in [1.165, 1.54) is 46.7 Å². The first-order chi connectivity index (χ1) is 8.63. The maximum atomic E-state index is 4.93. The molecule has 2 rings (SSSR count). The van der Waals surface area contributed by atoms with Crippen LogP contribution in [0.1, 0.15) is 36.5 Å². The van der Waals surface area contributed by atoms with Gasteiger partial charge in [-0.15, -0.1) is 34.0 Å². The maximum absolute atomic E-state index is 4.93. The molecule has 0 aliphatic rings. The molecule has 0 aliphatic heterocycles. The predicted molar refractivity (Wildman–Crippen MR) is 79.3 cm³/mol. The summed E-state index contributed by atoms with van der Waals surface area (Å²) in [7, 11) is 9.87. The van der Waals surface area contributed by atoms with Crippen molar-refractivity contribution in [2.45, 2.75) is 40.0 Å². The Bertz CT molecular complexity index is 488. The quantitative estimate of drug-likeness (QED) is 0.598. The van der Waals surface area contributed by atoms with E-state index in [4.69, 9.17) is 17.0 Å². The Morgan fingerprint density at radius 3 is 2.50 bits per heavy atom. The van der Waals surface area contributed by atoms with Gasteiger partial charge in [0.1, 0.15) is 0 Å².